The number of hydrogen-bond acceptors (Lipinski definition) is 3. The predicted octanol–water partition coefficient (Wildman–Crippen LogP) is 2.71. The van der Waals surface area contributed by atoms with Crippen LogP contribution in [0.1, 0.15) is 12.8 Å². The van der Waals surface area contributed by atoms with Crippen molar-refractivity contribution >= 4 is 11.3 Å². The SMILES string of the molecule is c1csc(-c2nccn2CCN2CCCC2)c1. The summed E-state index contributed by atoms with van der Waals surface area (Å²) in [5.41, 5.74) is 0. The summed E-state index contributed by atoms with van der Waals surface area (Å²) in [4.78, 5) is 8.26. The molecule has 90 valence electrons. The van der Waals surface area contributed by atoms with E-state index in [0.717, 1.165) is 18.9 Å². The minimum absolute atomic E-state index is 1.05. The number of aromatic nitrogens is 2. The van der Waals surface area contributed by atoms with E-state index in [1.54, 1.807) is 11.3 Å². The van der Waals surface area contributed by atoms with Crippen LogP contribution in [0, 0.1) is 0 Å². The average Bonchev–Trinajstić information content (AvgIpc) is 3.09. The molecular formula is C13H17N3S. The Balaban J connectivity index is 1.69. The van der Waals surface area contributed by atoms with Gasteiger partial charge in [0.05, 0.1) is 4.88 Å². The number of rotatable bonds is 4. The topological polar surface area (TPSA) is 21.1 Å². The molecule has 3 heterocycles. The highest BCUT2D eigenvalue weighted by Gasteiger charge is 2.12. The van der Waals surface area contributed by atoms with Crippen LogP contribution >= 0.6 is 11.3 Å². The van der Waals surface area contributed by atoms with Gasteiger partial charge >= 0.3 is 0 Å². The molecule has 0 radical (unpaired) electrons. The molecule has 0 atom stereocenters. The molecule has 2 aromatic rings. The second kappa shape index (κ2) is 5.02. The van der Waals surface area contributed by atoms with E-state index in [4.69, 9.17) is 0 Å². The summed E-state index contributed by atoms with van der Waals surface area (Å²) in [5.74, 6) is 1.11. The van der Waals surface area contributed by atoms with Gasteiger partial charge in [-0.1, -0.05) is 6.07 Å². The Kier molecular flexibility index (Phi) is 3.25. The van der Waals surface area contributed by atoms with Crippen molar-refractivity contribution in [2.75, 3.05) is 19.6 Å². The van der Waals surface area contributed by atoms with E-state index in [1.165, 1.54) is 30.8 Å². The van der Waals surface area contributed by atoms with Gasteiger partial charge in [0.2, 0.25) is 0 Å². The Morgan fingerprint density at radius 1 is 1.24 bits per heavy atom. The lowest BCUT2D eigenvalue weighted by Gasteiger charge is -2.15. The molecule has 4 heteroatoms. The summed E-state index contributed by atoms with van der Waals surface area (Å²) in [5, 5.41) is 2.11. The molecule has 0 saturated carbocycles. The van der Waals surface area contributed by atoms with Gasteiger partial charge in [-0.3, -0.25) is 0 Å². The molecule has 2 aromatic heterocycles. The van der Waals surface area contributed by atoms with Crippen molar-refractivity contribution in [3.05, 3.63) is 29.9 Å². The smallest absolute Gasteiger partial charge is 0.150 e. The average molecular weight is 247 g/mol. The predicted molar refractivity (Wildman–Crippen MR) is 71.2 cm³/mol. The molecule has 0 aliphatic carbocycles. The van der Waals surface area contributed by atoms with E-state index >= 15 is 0 Å². The van der Waals surface area contributed by atoms with Crippen LogP contribution in [0.2, 0.25) is 0 Å². The summed E-state index contributed by atoms with van der Waals surface area (Å²) in [7, 11) is 0. The van der Waals surface area contributed by atoms with Crippen molar-refractivity contribution in [1.29, 1.82) is 0 Å². The van der Waals surface area contributed by atoms with E-state index < -0.39 is 0 Å². The van der Waals surface area contributed by atoms with Crippen LogP contribution in [0.5, 0.6) is 0 Å². The number of nitrogens with zero attached hydrogens (tertiary/aromatic N) is 3. The number of hydrogen-bond donors (Lipinski definition) is 0. The fourth-order valence-corrected chi connectivity index (χ4v) is 3.11. The van der Waals surface area contributed by atoms with Gasteiger partial charge in [0.25, 0.3) is 0 Å². The minimum Gasteiger partial charge on any atom is -0.329 e. The Morgan fingerprint density at radius 3 is 2.88 bits per heavy atom. The Morgan fingerprint density at radius 2 is 2.12 bits per heavy atom. The van der Waals surface area contributed by atoms with Crippen LogP contribution in [0.25, 0.3) is 10.7 Å². The lowest BCUT2D eigenvalue weighted by Crippen LogP contribution is -2.24. The second-order valence-corrected chi connectivity index (χ2v) is 5.42. The number of likely N-dealkylation sites (tertiary alicyclic amines) is 1. The molecule has 3 nitrogen and oxygen atoms in total. The highest BCUT2D eigenvalue weighted by molar-refractivity contribution is 7.13. The van der Waals surface area contributed by atoms with Crippen molar-refractivity contribution in [2.24, 2.45) is 0 Å². The third-order valence-electron chi connectivity index (χ3n) is 3.31. The number of thiophene rings is 1. The molecule has 3 rings (SSSR count). The first-order valence-corrected chi connectivity index (χ1v) is 7.09. The highest BCUT2D eigenvalue weighted by atomic mass is 32.1. The van der Waals surface area contributed by atoms with E-state index in [9.17, 15) is 0 Å². The highest BCUT2D eigenvalue weighted by Crippen LogP contribution is 2.22. The quantitative estimate of drug-likeness (QED) is 0.828. The maximum atomic E-state index is 4.46. The first-order chi connectivity index (χ1) is 8.43. The van der Waals surface area contributed by atoms with Crippen LogP contribution < -0.4 is 0 Å². The van der Waals surface area contributed by atoms with Gasteiger partial charge in [0.15, 0.2) is 0 Å². The van der Waals surface area contributed by atoms with Gasteiger partial charge in [0, 0.05) is 25.5 Å². The summed E-state index contributed by atoms with van der Waals surface area (Å²) < 4.78 is 2.27. The molecule has 0 amide bonds. The molecule has 17 heavy (non-hydrogen) atoms. The van der Waals surface area contributed by atoms with Crippen LogP contribution in [-0.2, 0) is 6.54 Å². The summed E-state index contributed by atoms with van der Waals surface area (Å²) >= 11 is 1.76. The van der Waals surface area contributed by atoms with Crippen LogP contribution in [0.4, 0.5) is 0 Å². The van der Waals surface area contributed by atoms with Crippen molar-refractivity contribution in [3.63, 3.8) is 0 Å². The zero-order valence-electron chi connectivity index (χ0n) is 9.88. The Bertz CT molecular complexity index is 455. The molecule has 0 spiro atoms. The summed E-state index contributed by atoms with van der Waals surface area (Å²) in [6.45, 7) is 4.73. The van der Waals surface area contributed by atoms with Crippen molar-refractivity contribution < 1.29 is 0 Å². The lowest BCUT2D eigenvalue weighted by atomic mass is 10.4. The lowest BCUT2D eigenvalue weighted by molar-refractivity contribution is 0.323. The molecular weight excluding hydrogens is 230 g/mol. The van der Waals surface area contributed by atoms with E-state index in [1.807, 2.05) is 6.20 Å². The van der Waals surface area contributed by atoms with Gasteiger partial charge in [-0.2, -0.15) is 0 Å². The van der Waals surface area contributed by atoms with Gasteiger partial charge < -0.3 is 9.47 Å². The zero-order valence-corrected chi connectivity index (χ0v) is 10.7. The summed E-state index contributed by atoms with van der Waals surface area (Å²) in [6.07, 6.45) is 6.72. The first-order valence-electron chi connectivity index (χ1n) is 6.21. The van der Waals surface area contributed by atoms with E-state index in [-0.39, 0.29) is 0 Å². The number of imidazole rings is 1. The fraction of sp³-hybridized carbons (Fsp3) is 0.462. The molecule has 1 saturated heterocycles. The molecule has 0 aromatic carbocycles. The largest absolute Gasteiger partial charge is 0.329 e. The van der Waals surface area contributed by atoms with Crippen LogP contribution in [0.3, 0.4) is 0 Å². The monoisotopic (exact) mass is 247 g/mol. The maximum Gasteiger partial charge on any atom is 0.150 e. The first kappa shape index (κ1) is 11.0. The third-order valence-corrected chi connectivity index (χ3v) is 4.18. The van der Waals surface area contributed by atoms with E-state index in [0.29, 0.717) is 0 Å². The summed E-state index contributed by atoms with van der Waals surface area (Å²) in [6, 6.07) is 4.22. The van der Waals surface area contributed by atoms with Crippen molar-refractivity contribution in [1.82, 2.24) is 14.5 Å². The van der Waals surface area contributed by atoms with Crippen LogP contribution in [-0.4, -0.2) is 34.1 Å². The third kappa shape index (κ3) is 2.42. The van der Waals surface area contributed by atoms with Crippen molar-refractivity contribution in [3.8, 4) is 10.7 Å². The van der Waals surface area contributed by atoms with Crippen LogP contribution in [0.15, 0.2) is 29.9 Å². The molecule has 0 bridgehead atoms. The standard InChI is InChI=1S/C13H17N3S/c1-2-7-15(6-1)9-10-16-8-5-14-13(16)12-4-3-11-17-12/h3-5,8,11H,1-2,6-7,9-10H2. The molecule has 1 aliphatic heterocycles. The normalized spacial score (nSPS) is 16.7. The molecule has 1 fully saturated rings. The molecule has 1 aliphatic rings. The molecule has 0 unspecified atom stereocenters. The van der Waals surface area contributed by atoms with Gasteiger partial charge in [-0.05, 0) is 37.4 Å². The van der Waals surface area contributed by atoms with Gasteiger partial charge in [0.1, 0.15) is 5.82 Å². The van der Waals surface area contributed by atoms with Crippen molar-refractivity contribution in [2.45, 2.75) is 19.4 Å². The van der Waals surface area contributed by atoms with Gasteiger partial charge in [-0.25, -0.2) is 4.98 Å². The Hall–Kier alpha value is -1.13. The zero-order chi connectivity index (χ0) is 11.5. The van der Waals surface area contributed by atoms with E-state index in [2.05, 4.69) is 38.2 Å². The fourth-order valence-electron chi connectivity index (χ4n) is 2.38. The second-order valence-electron chi connectivity index (χ2n) is 4.47. The Labute approximate surface area is 106 Å². The minimum atomic E-state index is 1.05. The maximum absolute atomic E-state index is 4.46. The molecule has 0 N–H and O–H groups in total. The van der Waals surface area contributed by atoms with Gasteiger partial charge in [-0.15, -0.1) is 11.3 Å².